The number of alkyl halides is 3. The van der Waals surface area contributed by atoms with E-state index in [0.717, 1.165) is 38.7 Å². The molecule has 192 valence electrons. The third kappa shape index (κ3) is 6.00. The lowest BCUT2D eigenvalue weighted by molar-refractivity contribution is -0.115. The molecule has 0 atom stereocenters. The van der Waals surface area contributed by atoms with Crippen LogP contribution in [-0.4, -0.2) is 68.8 Å². The Kier molecular flexibility index (Phi) is 7.24. The second-order valence-electron chi connectivity index (χ2n) is 8.29. The maximum absolute atomic E-state index is 12.8. The monoisotopic (exact) mass is 506 g/mol. The van der Waals surface area contributed by atoms with Crippen molar-refractivity contribution >= 4 is 23.3 Å². The molecule has 0 unspecified atom stereocenters. The molecule has 3 aromatic rings. The highest BCUT2D eigenvalue weighted by atomic mass is 19.4. The molecule has 4 N–H and O–H groups in total. The van der Waals surface area contributed by atoms with Gasteiger partial charge in [-0.25, -0.2) is 9.97 Å². The van der Waals surface area contributed by atoms with Crippen molar-refractivity contribution in [2.24, 2.45) is 5.73 Å². The predicted molar refractivity (Wildman–Crippen MR) is 123 cm³/mol. The molecule has 0 bridgehead atoms. The Hall–Kier alpha value is -3.94. The van der Waals surface area contributed by atoms with E-state index in [9.17, 15) is 22.8 Å². The quantitative estimate of drug-likeness (QED) is 0.423. The molecule has 4 rings (SSSR count). The van der Waals surface area contributed by atoms with Gasteiger partial charge in [-0.3, -0.25) is 14.3 Å². The number of hydrogen-bond donors (Lipinski definition) is 3. The number of halogens is 3. The second kappa shape index (κ2) is 10.4. The van der Waals surface area contributed by atoms with E-state index in [0.29, 0.717) is 5.56 Å². The van der Waals surface area contributed by atoms with Crippen LogP contribution < -0.4 is 16.4 Å². The van der Waals surface area contributed by atoms with Gasteiger partial charge in [0.25, 0.3) is 11.8 Å². The fourth-order valence-electron chi connectivity index (χ4n) is 3.90. The summed E-state index contributed by atoms with van der Waals surface area (Å²) in [4.78, 5) is 35.0. The topological polar surface area (TPSA) is 144 Å². The molecule has 14 heteroatoms. The Labute approximate surface area is 203 Å². The Bertz CT molecular complexity index is 1230. The summed E-state index contributed by atoms with van der Waals surface area (Å²) in [6.45, 7) is 3.61. The number of anilines is 2. The number of amides is 2. The molecule has 4 heterocycles. The zero-order valence-electron chi connectivity index (χ0n) is 19.4. The Morgan fingerprint density at radius 3 is 2.69 bits per heavy atom. The average molecular weight is 506 g/mol. The van der Waals surface area contributed by atoms with Gasteiger partial charge in [0.05, 0.1) is 11.7 Å². The first-order valence-electron chi connectivity index (χ1n) is 11.3. The number of rotatable bonds is 8. The fourth-order valence-corrected chi connectivity index (χ4v) is 3.90. The number of piperidine rings is 1. The average Bonchev–Trinajstić information content (AvgIpc) is 3.51. The highest BCUT2D eigenvalue weighted by molar-refractivity contribution is 6.07. The van der Waals surface area contributed by atoms with Crippen molar-refractivity contribution in [1.29, 1.82) is 0 Å². The maximum Gasteiger partial charge on any atom is 0.405 e. The molecule has 0 saturated carbocycles. The zero-order valence-corrected chi connectivity index (χ0v) is 19.4. The molecule has 1 aliphatic heterocycles. The van der Waals surface area contributed by atoms with Crippen molar-refractivity contribution in [3.63, 3.8) is 0 Å². The van der Waals surface area contributed by atoms with E-state index in [-0.39, 0.29) is 34.8 Å². The van der Waals surface area contributed by atoms with E-state index in [1.54, 1.807) is 10.9 Å². The molecular weight excluding hydrogens is 481 g/mol. The number of pyridine rings is 1. The normalized spacial score (nSPS) is 15.1. The molecule has 1 fully saturated rings. The summed E-state index contributed by atoms with van der Waals surface area (Å²) in [7, 11) is 0. The lowest BCUT2D eigenvalue weighted by atomic mass is 10.1. The van der Waals surface area contributed by atoms with Crippen molar-refractivity contribution in [2.45, 2.75) is 32.0 Å². The summed E-state index contributed by atoms with van der Waals surface area (Å²) in [5.74, 6) is -1.48. The largest absolute Gasteiger partial charge is 0.444 e. The summed E-state index contributed by atoms with van der Waals surface area (Å²) in [5.41, 5.74) is 5.76. The van der Waals surface area contributed by atoms with Crippen LogP contribution >= 0.6 is 0 Å². The van der Waals surface area contributed by atoms with Gasteiger partial charge in [-0.05, 0) is 31.5 Å². The maximum atomic E-state index is 12.8. The van der Waals surface area contributed by atoms with Crippen LogP contribution in [0.3, 0.4) is 0 Å². The highest BCUT2D eigenvalue weighted by Gasteiger charge is 2.27. The molecule has 1 saturated heterocycles. The first-order valence-corrected chi connectivity index (χ1v) is 11.3. The van der Waals surface area contributed by atoms with E-state index in [1.807, 2.05) is 0 Å². The van der Waals surface area contributed by atoms with Crippen LogP contribution in [0, 0.1) is 0 Å². The number of likely N-dealkylation sites (tertiary alicyclic amines) is 1. The molecule has 36 heavy (non-hydrogen) atoms. The number of nitrogens with two attached hydrogens (primary N) is 1. The standard InChI is InChI=1S/C22H25F3N8O3/c1-2-32-7-4-14(5-8-32)33-10-15(18(31-33)19(26)34)29-20(35)16-11-36-21(30-16)13-3-6-27-17(9-13)28-12-22(23,24)25/h3,6,9-11,14H,2,4-5,7-8,12H2,1H3,(H2,26,34)(H,27,28)(H,29,35). The molecule has 11 nitrogen and oxygen atoms in total. The lowest BCUT2D eigenvalue weighted by Gasteiger charge is -2.31. The molecule has 0 aliphatic carbocycles. The fraction of sp³-hybridized carbons (Fsp3) is 0.409. The van der Waals surface area contributed by atoms with Crippen molar-refractivity contribution in [3.8, 4) is 11.5 Å². The number of hydrogen-bond acceptors (Lipinski definition) is 8. The van der Waals surface area contributed by atoms with E-state index < -0.39 is 24.5 Å². The van der Waals surface area contributed by atoms with Gasteiger partial charge in [-0.1, -0.05) is 6.92 Å². The van der Waals surface area contributed by atoms with E-state index in [2.05, 4.69) is 37.5 Å². The summed E-state index contributed by atoms with van der Waals surface area (Å²) in [6, 6.07) is 2.87. The van der Waals surface area contributed by atoms with Crippen molar-refractivity contribution in [1.82, 2.24) is 24.6 Å². The second-order valence-corrected chi connectivity index (χ2v) is 8.29. The van der Waals surface area contributed by atoms with Crippen LogP contribution in [0.25, 0.3) is 11.5 Å². The van der Waals surface area contributed by atoms with Crippen LogP contribution in [0.2, 0.25) is 0 Å². The van der Waals surface area contributed by atoms with Gasteiger partial charge in [0.2, 0.25) is 5.89 Å². The van der Waals surface area contributed by atoms with Crippen LogP contribution in [0.1, 0.15) is 46.8 Å². The number of oxazole rings is 1. The molecule has 1 aliphatic rings. The lowest BCUT2D eigenvalue weighted by Crippen LogP contribution is -2.34. The van der Waals surface area contributed by atoms with Crippen molar-refractivity contribution < 1.29 is 27.2 Å². The van der Waals surface area contributed by atoms with Crippen LogP contribution in [0.4, 0.5) is 24.7 Å². The van der Waals surface area contributed by atoms with E-state index >= 15 is 0 Å². The summed E-state index contributed by atoms with van der Waals surface area (Å²) >= 11 is 0. The minimum Gasteiger partial charge on any atom is -0.444 e. The van der Waals surface area contributed by atoms with E-state index in [4.69, 9.17) is 10.2 Å². The van der Waals surface area contributed by atoms with Gasteiger partial charge in [0, 0.05) is 31.0 Å². The summed E-state index contributed by atoms with van der Waals surface area (Å²) in [6.07, 6.45) is 1.25. The molecule has 0 aromatic carbocycles. The van der Waals surface area contributed by atoms with Crippen LogP contribution in [0.5, 0.6) is 0 Å². The van der Waals surface area contributed by atoms with Gasteiger partial charge in [0.1, 0.15) is 18.6 Å². The van der Waals surface area contributed by atoms with Gasteiger partial charge >= 0.3 is 6.18 Å². The number of aromatic nitrogens is 4. The summed E-state index contributed by atoms with van der Waals surface area (Å²) < 4.78 is 44.3. The van der Waals surface area contributed by atoms with Gasteiger partial charge < -0.3 is 25.7 Å². The predicted octanol–water partition coefficient (Wildman–Crippen LogP) is 2.92. The third-order valence-corrected chi connectivity index (χ3v) is 5.81. The van der Waals surface area contributed by atoms with Gasteiger partial charge in [-0.2, -0.15) is 18.3 Å². The van der Waals surface area contributed by atoms with Crippen molar-refractivity contribution in [3.05, 3.63) is 42.2 Å². The number of primary amides is 1. The molecule has 0 radical (unpaired) electrons. The highest BCUT2D eigenvalue weighted by Crippen LogP contribution is 2.26. The first kappa shape index (κ1) is 25.2. The number of carbonyl (C=O) groups is 2. The van der Waals surface area contributed by atoms with Crippen LogP contribution in [0.15, 0.2) is 35.2 Å². The van der Waals surface area contributed by atoms with E-state index in [1.165, 1.54) is 18.3 Å². The molecule has 2 amide bonds. The molecule has 0 spiro atoms. The molecule has 3 aromatic heterocycles. The SMILES string of the molecule is CCN1CCC(n2cc(NC(=O)c3coc(-c4ccnc(NCC(F)(F)F)c4)n3)c(C(N)=O)n2)CC1. The molecular formula is C22H25F3N8O3. The Balaban J connectivity index is 1.47. The Morgan fingerprint density at radius 2 is 2.03 bits per heavy atom. The van der Waals surface area contributed by atoms with Gasteiger partial charge in [0.15, 0.2) is 11.4 Å². The zero-order chi connectivity index (χ0) is 25.9. The minimum atomic E-state index is -4.41. The number of carbonyl (C=O) groups excluding carboxylic acids is 2. The Morgan fingerprint density at radius 1 is 1.28 bits per heavy atom. The third-order valence-electron chi connectivity index (χ3n) is 5.81. The first-order chi connectivity index (χ1) is 17.1. The summed E-state index contributed by atoms with van der Waals surface area (Å²) in [5, 5.41) is 9.06. The van der Waals surface area contributed by atoms with Crippen LogP contribution in [-0.2, 0) is 0 Å². The van der Waals surface area contributed by atoms with Crippen molar-refractivity contribution in [2.75, 3.05) is 36.8 Å². The minimum absolute atomic E-state index is 0.00566. The number of nitrogens with one attached hydrogen (secondary N) is 2. The van der Waals surface area contributed by atoms with Gasteiger partial charge in [-0.15, -0.1) is 0 Å². The number of nitrogens with zero attached hydrogens (tertiary/aromatic N) is 5. The smallest absolute Gasteiger partial charge is 0.405 e.